The summed E-state index contributed by atoms with van der Waals surface area (Å²) >= 11 is 1.35. The lowest BCUT2D eigenvalue weighted by molar-refractivity contribution is -0.123. The second-order valence-electron chi connectivity index (χ2n) is 5.64. The molecule has 2 amide bonds. The number of amides is 2. The number of hydrogen-bond donors (Lipinski definition) is 3. The summed E-state index contributed by atoms with van der Waals surface area (Å²) in [7, 11) is 0. The maximum Gasteiger partial charge on any atom is 0.279 e. The van der Waals surface area contributed by atoms with Crippen LogP contribution in [0.15, 0.2) is 17.5 Å². The van der Waals surface area contributed by atoms with Crippen LogP contribution in [0.4, 0.5) is 0 Å². The van der Waals surface area contributed by atoms with Gasteiger partial charge in [-0.2, -0.15) is 0 Å². The molecule has 2 fully saturated rings. The average molecular weight is 308 g/mol. The zero-order valence-electron chi connectivity index (χ0n) is 11.8. The maximum atomic E-state index is 11.9. The summed E-state index contributed by atoms with van der Waals surface area (Å²) in [6, 6.07) is 4.65. The largest absolute Gasteiger partial charge is 0.310 e. The van der Waals surface area contributed by atoms with Crippen molar-refractivity contribution >= 4 is 23.2 Å². The summed E-state index contributed by atoms with van der Waals surface area (Å²) < 4.78 is 0. The van der Waals surface area contributed by atoms with Gasteiger partial charge >= 0.3 is 0 Å². The average Bonchev–Trinajstić information content (AvgIpc) is 3.08. The number of nitrogens with zero attached hydrogens (tertiary/aromatic N) is 1. The van der Waals surface area contributed by atoms with E-state index in [1.54, 1.807) is 12.1 Å². The Hall–Kier alpha value is -1.44. The minimum Gasteiger partial charge on any atom is -0.310 e. The molecular formula is C14H20N4O2S. The predicted octanol–water partition coefficient (Wildman–Crippen LogP) is 0.335. The summed E-state index contributed by atoms with van der Waals surface area (Å²) in [5, 5.41) is 5.41. The summed E-state index contributed by atoms with van der Waals surface area (Å²) in [4.78, 5) is 26.4. The topological polar surface area (TPSA) is 73.5 Å². The van der Waals surface area contributed by atoms with Crippen LogP contribution in [0.2, 0.25) is 0 Å². The van der Waals surface area contributed by atoms with Crippen molar-refractivity contribution in [3.63, 3.8) is 0 Å². The molecule has 2 aliphatic heterocycles. The fraction of sp³-hybridized carbons (Fsp3) is 0.571. The Balaban J connectivity index is 1.43. The molecule has 2 atom stereocenters. The molecule has 2 aliphatic rings. The monoisotopic (exact) mass is 308 g/mol. The highest BCUT2D eigenvalue weighted by atomic mass is 32.1. The Morgan fingerprint density at radius 1 is 1.29 bits per heavy atom. The molecule has 2 unspecified atom stereocenters. The van der Waals surface area contributed by atoms with E-state index in [-0.39, 0.29) is 11.8 Å². The summed E-state index contributed by atoms with van der Waals surface area (Å²) in [5.74, 6) is -0.437. The molecule has 21 heavy (non-hydrogen) atoms. The highest BCUT2D eigenvalue weighted by molar-refractivity contribution is 7.12. The SMILES string of the molecule is O=C(CN1CCC2CCC(C1)N2)NNC(=O)c1cccs1. The van der Waals surface area contributed by atoms with Crippen molar-refractivity contribution in [3.05, 3.63) is 22.4 Å². The first kappa shape index (κ1) is 14.5. The van der Waals surface area contributed by atoms with Gasteiger partial charge < -0.3 is 5.32 Å². The summed E-state index contributed by atoms with van der Waals surface area (Å²) in [6.45, 7) is 2.17. The van der Waals surface area contributed by atoms with Gasteiger partial charge in [0.25, 0.3) is 11.8 Å². The number of hydrogen-bond acceptors (Lipinski definition) is 5. The van der Waals surface area contributed by atoms with Crippen molar-refractivity contribution in [2.45, 2.75) is 31.3 Å². The molecule has 0 saturated carbocycles. The molecule has 6 nitrogen and oxygen atoms in total. The van der Waals surface area contributed by atoms with Gasteiger partial charge in [0, 0.05) is 25.2 Å². The van der Waals surface area contributed by atoms with E-state index in [2.05, 4.69) is 21.1 Å². The molecule has 2 bridgehead atoms. The van der Waals surface area contributed by atoms with Crippen molar-refractivity contribution in [2.75, 3.05) is 19.6 Å². The van der Waals surface area contributed by atoms with Crippen molar-refractivity contribution in [1.82, 2.24) is 21.1 Å². The summed E-state index contributed by atoms with van der Waals surface area (Å²) in [5.41, 5.74) is 4.94. The number of carbonyl (C=O) groups excluding carboxylic acids is 2. The molecular weight excluding hydrogens is 288 g/mol. The van der Waals surface area contributed by atoms with Crippen LogP contribution in [-0.2, 0) is 4.79 Å². The van der Waals surface area contributed by atoms with Crippen molar-refractivity contribution < 1.29 is 9.59 Å². The van der Waals surface area contributed by atoms with E-state index in [9.17, 15) is 9.59 Å². The second kappa shape index (κ2) is 6.55. The van der Waals surface area contributed by atoms with Crippen LogP contribution in [0.25, 0.3) is 0 Å². The molecule has 2 saturated heterocycles. The van der Waals surface area contributed by atoms with E-state index in [0.29, 0.717) is 23.5 Å². The Bertz CT molecular complexity index is 505. The molecule has 0 aromatic carbocycles. The third-order valence-corrected chi connectivity index (χ3v) is 4.90. The number of rotatable bonds is 3. The van der Waals surface area contributed by atoms with E-state index in [1.807, 2.05) is 5.38 Å². The molecule has 3 rings (SSSR count). The molecule has 3 N–H and O–H groups in total. The zero-order chi connectivity index (χ0) is 14.7. The van der Waals surface area contributed by atoms with Crippen LogP contribution in [0.1, 0.15) is 28.9 Å². The molecule has 1 aromatic rings. The van der Waals surface area contributed by atoms with Crippen molar-refractivity contribution in [3.8, 4) is 0 Å². The lowest BCUT2D eigenvalue weighted by atomic mass is 10.1. The fourth-order valence-corrected chi connectivity index (χ4v) is 3.62. The number of hydrazine groups is 1. The highest BCUT2D eigenvalue weighted by Gasteiger charge is 2.29. The molecule has 0 aliphatic carbocycles. The Labute approximate surface area is 127 Å². The van der Waals surface area contributed by atoms with Gasteiger partial charge in [-0.05, 0) is 30.7 Å². The predicted molar refractivity (Wildman–Crippen MR) is 80.9 cm³/mol. The van der Waals surface area contributed by atoms with Crippen LogP contribution in [0.3, 0.4) is 0 Å². The van der Waals surface area contributed by atoms with Crippen LogP contribution < -0.4 is 16.2 Å². The number of likely N-dealkylation sites (tertiary alicyclic amines) is 1. The van der Waals surface area contributed by atoms with Gasteiger partial charge in [0.1, 0.15) is 0 Å². The van der Waals surface area contributed by atoms with Crippen LogP contribution in [0.5, 0.6) is 0 Å². The lowest BCUT2D eigenvalue weighted by Crippen LogP contribution is -2.47. The number of thiophene rings is 1. The first-order valence-electron chi connectivity index (χ1n) is 7.32. The van der Waals surface area contributed by atoms with Crippen LogP contribution in [0, 0.1) is 0 Å². The van der Waals surface area contributed by atoms with Gasteiger partial charge in [0.2, 0.25) is 0 Å². The van der Waals surface area contributed by atoms with Crippen molar-refractivity contribution in [2.24, 2.45) is 0 Å². The molecule has 114 valence electrons. The zero-order valence-corrected chi connectivity index (χ0v) is 12.6. The standard InChI is InChI=1S/C14H20N4O2S/c19-13(16-17-14(20)12-2-1-7-21-12)9-18-6-5-10-3-4-11(8-18)15-10/h1-2,7,10-11,15H,3-6,8-9H2,(H,16,19)(H,17,20). The highest BCUT2D eigenvalue weighted by Crippen LogP contribution is 2.19. The van der Waals surface area contributed by atoms with E-state index in [4.69, 9.17) is 0 Å². The quantitative estimate of drug-likeness (QED) is 0.704. The first-order chi connectivity index (χ1) is 10.2. The molecule has 1 aromatic heterocycles. The van der Waals surface area contributed by atoms with E-state index < -0.39 is 0 Å². The van der Waals surface area contributed by atoms with E-state index in [1.165, 1.54) is 24.2 Å². The number of carbonyl (C=O) groups is 2. The molecule has 0 radical (unpaired) electrons. The summed E-state index contributed by atoms with van der Waals surface area (Å²) in [6.07, 6.45) is 3.53. The normalized spacial score (nSPS) is 25.3. The van der Waals surface area contributed by atoms with Gasteiger partial charge in [-0.3, -0.25) is 25.3 Å². The lowest BCUT2D eigenvalue weighted by Gasteiger charge is -2.23. The third kappa shape index (κ3) is 3.81. The van der Waals surface area contributed by atoms with Gasteiger partial charge in [0.05, 0.1) is 11.4 Å². The molecule has 0 spiro atoms. The van der Waals surface area contributed by atoms with Crippen LogP contribution >= 0.6 is 11.3 Å². The molecule has 3 heterocycles. The van der Waals surface area contributed by atoms with Crippen LogP contribution in [-0.4, -0.2) is 48.4 Å². The maximum absolute atomic E-state index is 11.9. The van der Waals surface area contributed by atoms with Gasteiger partial charge in [-0.25, -0.2) is 0 Å². The van der Waals surface area contributed by atoms with Gasteiger partial charge in [-0.15, -0.1) is 11.3 Å². The smallest absolute Gasteiger partial charge is 0.279 e. The van der Waals surface area contributed by atoms with Crippen molar-refractivity contribution in [1.29, 1.82) is 0 Å². The Morgan fingerprint density at radius 3 is 2.95 bits per heavy atom. The Kier molecular flexibility index (Phi) is 4.52. The first-order valence-corrected chi connectivity index (χ1v) is 8.20. The van der Waals surface area contributed by atoms with Gasteiger partial charge in [0.15, 0.2) is 0 Å². The van der Waals surface area contributed by atoms with E-state index in [0.717, 1.165) is 19.5 Å². The van der Waals surface area contributed by atoms with Gasteiger partial charge in [-0.1, -0.05) is 6.07 Å². The van der Waals surface area contributed by atoms with E-state index >= 15 is 0 Å². The minimum atomic E-state index is -0.269. The Morgan fingerprint density at radius 2 is 2.14 bits per heavy atom. The molecule has 7 heteroatoms. The number of fused-ring (bicyclic) bond motifs is 2. The second-order valence-corrected chi connectivity index (χ2v) is 6.59. The minimum absolute atomic E-state index is 0.169. The number of nitrogens with one attached hydrogen (secondary N) is 3. The third-order valence-electron chi connectivity index (χ3n) is 4.04. The fourth-order valence-electron chi connectivity index (χ4n) is 3.00.